The minimum Gasteiger partial charge on any atom is -0.378 e. The number of fused-ring (bicyclic) bond motifs is 2. The highest BCUT2D eigenvalue weighted by Crippen LogP contribution is 2.47. The van der Waals surface area contributed by atoms with E-state index in [4.69, 9.17) is 21.4 Å². The van der Waals surface area contributed by atoms with E-state index in [9.17, 15) is 4.79 Å². The molecule has 1 aromatic carbocycles. The number of halogens is 1. The van der Waals surface area contributed by atoms with Gasteiger partial charge >= 0.3 is 0 Å². The lowest BCUT2D eigenvalue weighted by atomic mass is 9.98. The largest absolute Gasteiger partial charge is 0.378 e. The number of hydrogen-bond donors (Lipinski definition) is 0. The van der Waals surface area contributed by atoms with Crippen molar-refractivity contribution < 1.29 is 9.53 Å². The van der Waals surface area contributed by atoms with Crippen LogP contribution >= 0.6 is 11.6 Å². The Morgan fingerprint density at radius 3 is 2.61 bits per heavy atom. The van der Waals surface area contributed by atoms with Gasteiger partial charge in [-0.15, -0.1) is 10.2 Å². The molecule has 33 heavy (non-hydrogen) atoms. The highest BCUT2D eigenvalue weighted by molar-refractivity contribution is 6.30. The van der Waals surface area contributed by atoms with Crippen LogP contribution in [0.1, 0.15) is 63.6 Å². The van der Waals surface area contributed by atoms with Crippen molar-refractivity contribution in [3.63, 3.8) is 0 Å². The van der Waals surface area contributed by atoms with Crippen LogP contribution in [0.3, 0.4) is 0 Å². The van der Waals surface area contributed by atoms with Gasteiger partial charge in [0.2, 0.25) is 0 Å². The molecule has 0 spiro atoms. The Morgan fingerprint density at radius 1 is 1.15 bits per heavy atom. The maximum absolute atomic E-state index is 14.0. The predicted molar refractivity (Wildman–Crippen MR) is 124 cm³/mol. The van der Waals surface area contributed by atoms with Crippen molar-refractivity contribution in [1.82, 2.24) is 24.4 Å². The summed E-state index contributed by atoms with van der Waals surface area (Å²) in [6, 6.07) is 9.60. The summed E-state index contributed by atoms with van der Waals surface area (Å²) >= 11 is 6.19. The standard InChI is InChI=1S/C24H23ClN6O2/c1-13-10-18(11-29-14(2)26-27-23(13)29)30-21(15-4-6-16(25)7-5-15)20-19(12-33-3)28-31(17-8-9-17)22(20)24(30)32/h4-7,10-11,17,21H,8-9,12H2,1-3H3. The third-order valence-corrected chi connectivity index (χ3v) is 6.71. The summed E-state index contributed by atoms with van der Waals surface area (Å²) in [6.45, 7) is 4.23. The van der Waals surface area contributed by atoms with Crippen LogP contribution in [-0.2, 0) is 11.3 Å². The molecule has 9 heteroatoms. The Balaban J connectivity index is 1.60. The summed E-state index contributed by atoms with van der Waals surface area (Å²) in [4.78, 5) is 15.9. The number of pyridine rings is 1. The first kappa shape index (κ1) is 20.4. The number of amides is 1. The van der Waals surface area contributed by atoms with Gasteiger partial charge in [-0.05, 0) is 56.0 Å². The third-order valence-electron chi connectivity index (χ3n) is 6.46. The number of carbonyl (C=O) groups is 1. The van der Waals surface area contributed by atoms with Gasteiger partial charge < -0.3 is 4.74 Å². The lowest BCUT2D eigenvalue weighted by Crippen LogP contribution is -2.30. The van der Waals surface area contributed by atoms with E-state index in [0.29, 0.717) is 17.3 Å². The van der Waals surface area contributed by atoms with E-state index in [1.807, 2.05) is 64.4 Å². The molecule has 0 N–H and O–H groups in total. The summed E-state index contributed by atoms with van der Waals surface area (Å²) in [5, 5.41) is 13.9. The molecule has 3 aromatic heterocycles. The molecule has 1 aliphatic heterocycles. The number of benzene rings is 1. The van der Waals surface area contributed by atoms with Gasteiger partial charge in [0, 0.05) is 23.9 Å². The van der Waals surface area contributed by atoms with E-state index in [2.05, 4.69) is 10.2 Å². The molecule has 4 aromatic rings. The van der Waals surface area contributed by atoms with Gasteiger partial charge in [0.05, 0.1) is 30.1 Å². The van der Waals surface area contributed by atoms with Crippen molar-refractivity contribution in [2.75, 3.05) is 12.0 Å². The monoisotopic (exact) mass is 462 g/mol. The first-order valence-corrected chi connectivity index (χ1v) is 11.4. The SMILES string of the molecule is COCc1nn(C2CC2)c2c1C(c1ccc(Cl)cc1)N(c1cc(C)c3nnc(C)n3c1)C2=O. The fourth-order valence-corrected chi connectivity index (χ4v) is 4.92. The van der Waals surface area contributed by atoms with Crippen LogP contribution in [0.4, 0.5) is 5.69 Å². The maximum atomic E-state index is 14.0. The molecular formula is C24H23ClN6O2. The van der Waals surface area contributed by atoms with Gasteiger partial charge in [-0.1, -0.05) is 23.7 Å². The summed E-state index contributed by atoms with van der Waals surface area (Å²) < 4.78 is 9.34. The molecule has 1 aliphatic carbocycles. The number of carbonyl (C=O) groups excluding carboxylic acids is 1. The van der Waals surface area contributed by atoms with Gasteiger partial charge in [-0.3, -0.25) is 18.8 Å². The number of methoxy groups -OCH3 is 1. The molecule has 1 fully saturated rings. The summed E-state index contributed by atoms with van der Waals surface area (Å²) in [7, 11) is 1.65. The van der Waals surface area contributed by atoms with Crippen molar-refractivity contribution in [1.29, 1.82) is 0 Å². The number of hydrogen-bond acceptors (Lipinski definition) is 5. The van der Waals surface area contributed by atoms with E-state index >= 15 is 0 Å². The predicted octanol–water partition coefficient (Wildman–Crippen LogP) is 4.43. The second kappa shape index (κ2) is 7.40. The van der Waals surface area contributed by atoms with Gasteiger partial charge in [0.25, 0.3) is 5.91 Å². The first-order valence-electron chi connectivity index (χ1n) is 11.0. The molecule has 1 amide bonds. The number of nitrogens with zero attached hydrogens (tertiary/aromatic N) is 6. The van der Waals surface area contributed by atoms with Gasteiger partial charge in [-0.2, -0.15) is 5.10 Å². The minimum atomic E-state index is -0.337. The van der Waals surface area contributed by atoms with Gasteiger partial charge in [-0.25, -0.2) is 0 Å². The molecule has 0 bridgehead atoms. The maximum Gasteiger partial charge on any atom is 0.277 e. The number of rotatable bonds is 5. The Morgan fingerprint density at radius 2 is 1.91 bits per heavy atom. The van der Waals surface area contributed by atoms with Crippen LogP contribution in [-0.4, -0.2) is 37.4 Å². The molecule has 168 valence electrons. The molecule has 1 unspecified atom stereocenters. The zero-order chi connectivity index (χ0) is 22.9. The van der Waals surface area contributed by atoms with E-state index in [0.717, 1.165) is 52.4 Å². The topological polar surface area (TPSA) is 77.6 Å². The normalized spacial score (nSPS) is 17.9. The molecule has 0 saturated heterocycles. The quantitative estimate of drug-likeness (QED) is 0.438. The third kappa shape index (κ3) is 3.08. The zero-order valence-electron chi connectivity index (χ0n) is 18.6. The second-order valence-corrected chi connectivity index (χ2v) is 9.21. The van der Waals surface area contributed by atoms with Crippen molar-refractivity contribution >= 4 is 28.8 Å². The lowest BCUT2D eigenvalue weighted by molar-refractivity contribution is 0.0983. The fourth-order valence-electron chi connectivity index (χ4n) is 4.79. The highest BCUT2D eigenvalue weighted by Gasteiger charge is 2.46. The number of anilines is 1. The smallest absolute Gasteiger partial charge is 0.277 e. The molecule has 0 radical (unpaired) electrons. The zero-order valence-corrected chi connectivity index (χ0v) is 19.4. The fraction of sp³-hybridized carbons (Fsp3) is 0.333. The highest BCUT2D eigenvalue weighted by atomic mass is 35.5. The van der Waals surface area contributed by atoms with Gasteiger partial charge in [0.15, 0.2) is 5.65 Å². The molecule has 1 saturated carbocycles. The summed E-state index contributed by atoms with van der Waals surface area (Å²) in [6.07, 6.45) is 4.00. The number of aryl methyl sites for hydroxylation is 2. The molecule has 4 heterocycles. The Kier molecular flexibility index (Phi) is 4.57. The van der Waals surface area contributed by atoms with Crippen LogP contribution in [0.25, 0.3) is 5.65 Å². The molecule has 1 atom stereocenters. The summed E-state index contributed by atoms with van der Waals surface area (Å²) in [5.41, 5.74) is 5.86. The molecular weight excluding hydrogens is 440 g/mol. The van der Waals surface area contributed by atoms with E-state index in [1.54, 1.807) is 7.11 Å². The lowest BCUT2D eigenvalue weighted by Gasteiger charge is -2.27. The van der Waals surface area contributed by atoms with Crippen LogP contribution in [0.5, 0.6) is 0 Å². The van der Waals surface area contributed by atoms with Crippen LogP contribution in [0.2, 0.25) is 5.02 Å². The Labute approximate surface area is 195 Å². The second-order valence-electron chi connectivity index (χ2n) is 8.77. The number of aromatic nitrogens is 5. The van der Waals surface area contributed by atoms with Crippen molar-refractivity contribution in [3.8, 4) is 0 Å². The van der Waals surface area contributed by atoms with E-state index in [-0.39, 0.29) is 18.0 Å². The Bertz CT molecular complexity index is 1400. The Hall–Kier alpha value is -3.23. The minimum absolute atomic E-state index is 0.0591. The van der Waals surface area contributed by atoms with Gasteiger partial charge in [0.1, 0.15) is 11.5 Å². The molecule has 6 rings (SSSR count). The summed E-state index contributed by atoms with van der Waals surface area (Å²) in [5.74, 6) is 0.711. The van der Waals surface area contributed by atoms with Crippen LogP contribution in [0, 0.1) is 13.8 Å². The van der Waals surface area contributed by atoms with Crippen LogP contribution in [0.15, 0.2) is 36.5 Å². The van der Waals surface area contributed by atoms with Crippen molar-refractivity contribution in [3.05, 3.63) is 75.5 Å². The first-order chi connectivity index (χ1) is 16.0. The molecule has 8 nitrogen and oxygen atoms in total. The van der Waals surface area contributed by atoms with Crippen molar-refractivity contribution in [2.45, 2.75) is 45.4 Å². The molecule has 2 aliphatic rings. The average molecular weight is 463 g/mol. The van der Waals surface area contributed by atoms with Crippen LogP contribution < -0.4 is 4.90 Å². The average Bonchev–Trinajstić information content (AvgIpc) is 3.38. The van der Waals surface area contributed by atoms with Crippen molar-refractivity contribution in [2.24, 2.45) is 0 Å². The number of ether oxygens (including phenoxy) is 1. The van der Waals surface area contributed by atoms with E-state index < -0.39 is 0 Å². The van der Waals surface area contributed by atoms with E-state index in [1.165, 1.54) is 0 Å².